The van der Waals surface area contributed by atoms with Crippen LogP contribution in [0.25, 0.3) is 0 Å². The molecule has 0 aromatic heterocycles. The smallest absolute Gasteiger partial charge is 0.252 e. The third-order valence-electron chi connectivity index (χ3n) is 6.16. The SMILES string of the molecule is O=C(NCC(O)CO)[C@@]1(Cc2ccccc2)N=C(c2ccc(OCCCO)cc2)O[C@H]1c1ccccc1. The van der Waals surface area contributed by atoms with Crippen LogP contribution < -0.4 is 10.1 Å². The highest BCUT2D eigenvalue weighted by atomic mass is 16.5. The third kappa shape index (κ3) is 6.35. The highest BCUT2D eigenvalue weighted by Crippen LogP contribution is 2.42. The van der Waals surface area contributed by atoms with Gasteiger partial charge < -0.3 is 30.1 Å². The number of nitrogens with one attached hydrogen (secondary N) is 1. The monoisotopic (exact) mass is 504 g/mol. The quantitative estimate of drug-likeness (QED) is 0.281. The van der Waals surface area contributed by atoms with Crippen molar-refractivity contribution < 1.29 is 29.6 Å². The molecule has 1 heterocycles. The molecule has 37 heavy (non-hydrogen) atoms. The fourth-order valence-corrected chi connectivity index (χ4v) is 4.25. The van der Waals surface area contributed by atoms with E-state index in [1.54, 1.807) is 12.1 Å². The van der Waals surface area contributed by atoms with E-state index in [9.17, 15) is 15.0 Å². The number of aliphatic imine (C=N–C) groups is 1. The van der Waals surface area contributed by atoms with Crippen LogP contribution >= 0.6 is 0 Å². The van der Waals surface area contributed by atoms with Gasteiger partial charge in [-0.15, -0.1) is 0 Å². The average molecular weight is 505 g/mol. The van der Waals surface area contributed by atoms with Crippen molar-refractivity contribution in [1.29, 1.82) is 0 Å². The molecule has 1 aliphatic rings. The first-order chi connectivity index (χ1) is 18.1. The fraction of sp³-hybridized carbons (Fsp3) is 0.310. The molecule has 0 saturated heterocycles. The number of aliphatic hydroxyl groups is 3. The van der Waals surface area contributed by atoms with Crippen LogP contribution in [0.2, 0.25) is 0 Å². The molecule has 0 fully saturated rings. The van der Waals surface area contributed by atoms with Gasteiger partial charge in [0.15, 0.2) is 11.6 Å². The summed E-state index contributed by atoms with van der Waals surface area (Å²) in [6.07, 6.45) is -1.01. The Labute approximate surface area is 216 Å². The van der Waals surface area contributed by atoms with Crippen molar-refractivity contribution in [3.05, 3.63) is 102 Å². The zero-order valence-electron chi connectivity index (χ0n) is 20.5. The minimum absolute atomic E-state index is 0.0600. The summed E-state index contributed by atoms with van der Waals surface area (Å²) in [5.41, 5.74) is 1.03. The van der Waals surface area contributed by atoms with E-state index >= 15 is 0 Å². The number of aliphatic hydroxyl groups excluding tert-OH is 3. The highest BCUT2D eigenvalue weighted by Gasteiger charge is 2.53. The minimum Gasteiger partial charge on any atom is -0.494 e. The summed E-state index contributed by atoms with van der Waals surface area (Å²) >= 11 is 0. The summed E-state index contributed by atoms with van der Waals surface area (Å²) in [5.74, 6) is 0.572. The zero-order chi connectivity index (χ0) is 26.1. The van der Waals surface area contributed by atoms with Gasteiger partial charge in [-0.2, -0.15) is 0 Å². The largest absolute Gasteiger partial charge is 0.494 e. The number of hydrogen-bond acceptors (Lipinski definition) is 7. The molecule has 8 heteroatoms. The Morgan fingerprint density at radius 3 is 2.32 bits per heavy atom. The van der Waals surface area contributed by atoms with Crippen LogP contribution in [-0.4, -0.2) is 65.1 Å². The van der Waals surface area contributed by atoms with Gasteiger partial charge in [-0.1, -0.05) is 60.7 Å². The van der Waals surface area contributed by atoms with Crippen molar-refractivity contribution in [2.75, 3.05) is 26.4 Å². The predicted molar refractivity (Wildman–Crippen MR) is 139 cm³/mol. The van der Waals surface area contributed by atoms with Crippen LogP contribution in [0.15, 0.2) is 89.9 Å². The molecule has 194 valence electrons. The number of hydrogen-bond donors (Lipinski definition) is 4. The van der Waals surface area contributed by atoms with Gasteiger partial charge in [0.25, 0.3) is 5.91 Å². The Bertz CT molecular complexity index is 1170. The molecule has 0 radical (unpaired) electrons. The summed E-state index contributed by atoms with van der Waals surface area (Å²) in [4.78, 5) is 18.7. The maximum Gasteiger partial charge on any atom is 0.252 e. The first-order valence-corrected chi connectivity index (χ1v) is 12.3. The van der Waals surface area contributed by atoms with E-state index in [-0.39, 0.29) is 19.6 Å². The van der Waals surface area contributed by atoms with Gasteiger partial charge in [0, 0.05) is 31.6 Å². The topological polar surface area (TPSA) is 121 Å². The molecule has 3 atom stereocenters. The van der Waals surface area contributed by atoms with E-state index in [1.807, 2.05) is 72.8 Å². The van der Waals surface area contributed by atoms with Crippen LogP contribution in [0.1, 0.15) is 29.2 Å². The van der Waals surface area contributed by atoms with Crippen LogP contribution in [0.3, 0.4) is 0 Å². The summed E-state index contributed by atoms with van der Waals surface area (Å²) in [5, 5.41) is 30.9. The third-order valence-corrected chi connectivity index (χ3v) is 6.16. The normalized spacial score (nSPS) is 19.5. The van der Waals surface area contributed by atoms with Crippen LogP contribution in [0.4, 0.5) is 0 Å². The first-order valence-electron chi connectivity index (χ1n) is 12.3. The minimum atomic E-state index is -1.36. The fourth-order valence-electron chi connectivity index (χ4n) is 4.25. The molecule has 1 unspecified atom stereocenters. The molecule has 0 aliphatic carbocycles. The Morgan fingerprint density at radius 2 is 1.68 bits per heavy atom. The van der Waals surface area contributed by atoms with Crippen molar-refractivity contribution in [2.24, 2.45) is 4.99 Å². The second-order valence-electron chi connectivity index (χ2n) is 8.91. The number of nitrogens with zero attached hydrogens (tertiary/aromatic N) is 1. The Kier molecular flexibility index (Phi) is 8.90. The van der Waals surface area contributed by atoms with Crippen molar-refractivity contribution in [1.82, 2.24) is 5.32 Å². The molecule has 0 saturated carbocycles. The Morgan fingerprint density at radius 1 is 1.00 bits per heavy atom. The molecule has 0 bridgehead atoms. The van der Waals surface area contributed by atoms with Crippen LogP contribution in [0.5, 0.6) is 5.75 Å². The lowest BCUT2D eigenvalue weighted by molar-refractivity contribution is -0.129. The lowest BCUT2D eigenvalue weighted by Gasteiger charge is -2.31. The Hall–Kier alpha value is -3.72. The number of rotatable bonds is 12. The molecule has 1 aliphatic heterocycles. The van der Waals surface area contributed by atoms with Crippen molar-refractivity contribution >= 4 is 11.8 Å². The predicted octanol–water partition coefficient (Wildman–Crippen LogP) is 2.42. The highest BCUT2D eigenvalue weighted by molar-refractivity contribution is 6.01. The Balaban J connectivity index is 1.73. The van der Waals surface area contributed by atoms with Gasteiger partial charge in [0.05, 0.1) is 19.3 Å². The van der Waals surface area contributed by atoms with Crippen LogP contribution in [0, 0.1) is 0 Å². The van der Waals surface area contributed by atoms with Gasteiger partial charge in [-0.3, -0.25) is 4.79 Å². The number of carbonyl (C=O) groups is 1. The average Bonchev–Trinajstić information content (AvgIpc) is 3.33. The maximum atomic E-state index is 13.8. The molecule has 4 N–H and O–H groups in total. The molecule has 0 spiro atoms. The molecule has 3 aromatic carbocycles. The second kappa shape index (κ2) is 12.5. The van der Waals surface area contributed by atoms with Crippen molar-refractivity contribution in [3.63, 3.8) is 0 Å². The lowest BCUT2D eigenvalue weighted by Crippen LogP contribution is -2.51. The van der Waals surface area contributed by atoms with E-state index < -0.39 is 30.3 Å². The molecule has 4 rings (SSSR count). The van der Waals surface area contributed by atoms with Gasteiger partial charge in [-0.05, 0) is 35.4 Å². The summed E-state index contributed by atoms with van der Waals surface area (Å²) in [6, 6.07) is 26.3. The summed E-state index contributed by atoms with van der Waals surface area (Å²) < 4.78 is 12.0. The standard InChI is InChI=1S/C29H32N2O6/c32-16-7-17-36-25-14-12-23(13-15-25)27-31-29(18-21-8-3-1-4-9-21,28(35)30-19-24(34)20-33)26(37-27)22-10-5-2-6-11-22/h1-6,8-15,24,26,32-34H,7,16-20H2,(H,30,35)/t24?,26-,29-/m0/s1. The molecular weight excluding hydrogens is 472 g/mol. The van der Waals surface area contributed by atoms with E-state index in [0.717, 1.165) is 11.1 Å². The van der Waals surface area contributed by atoms with Gasteiger partial charge in [0.1, 0.15) is 5.75 Å². The van der Waals surface area contributed by atoms with E-state index in [1.165, 1.54) is 0 Å². The molecule has 3 aromatic rings. The molecular formula is C29H32N2O6. The number of carbonyl (C=O) groups excluding carboxylic acids is 1. The maximum absolute atomic E-state index is 13.8. The lowest BCUT2D eigenvalue weighted by atomic mass is 9.82. The first kappa shape index (κ1) is 26.3. The van der Waals surface area contributed by atoms with Crippen molar-refractivity contribution in [2.45, 2.75) is 30.6 Å². The molecule has 1 amide bonds. The van der Waals surface area contributed by atoms with E-state index in [0.29, 0.717) is 30.2 Å². The van der Waals surface area contributed by atoms with Crippen molar-refractivity contribution in [3.8, 4) is 5.75 Å². The summed E-state index contributed by atoms with van der Waals surface area (Å²) in [7, 11) is 0. The van der Waals surface area contributed by atoms with Gasteiger partial charge in [-0.25, -0.2) is 4.99 Å². The number of ether oxygens (including phenoxy) is 2. The van der Waals surface area contributed by atoms with Gasteiger partial charge in [0.2, 0.25) is 5.90 Å². The number of amides is 1. The van der Waals surface area contributed by atoms with E-state index in [2.05, 4.69) is 5.32 Å². The number of benzene rings is 3. The van der Waals surface area contributed by atoms with Crippen LogP contribution in [-0.2, 0) is 16.0 Å². The van der Waals surface area contributed by atoms with E-state index in [4.69, 9.17) is 19.6 Å². The zero-order valence-corrected chi connectivity index (χ0v) is 20.5. The second-order valence-corrected chi connectivity index (χ2v) is 8.91. The molecule has 8 nitrogen and oxygen atoms in total. The van der Waals surface area contributed by atoms with Gasteiger partial charge >= 0.3 is 0 Å². The summed E-state index contributed by atoms with van der Waals surface area (Å²) in [6.45, 7) is -0.113.